The summed E-state index contributed by atoms with van der Waals surface area (Å²) in [6.07, 6.45) is 0.624. The molecule has 5 heteroatoms. The highest BCUT2D eigenvalue weighted by molar-refractivity contribution is 9.10. The zero-order valence-electron chi connectivity index (χ0n) is 9.27. The number of nitrogens with zero attached hydrogens (tertiary/aromatic N) is 1. The second-order valence-corrected chi connectivity index (χ2v) is 5.07. The summed E-state index contributed by atoms with van der Waals surface area (Å²) in [6.45, 7) is 0. The molecule has 0 aromatic heterocycles. The van der Waals surface area contributed by atoms with E-state index in [9.17, 15) is 10.1 Å². The van der Waals surface area contributed by atoms with Gasteiger partial charge in [0.15, 0.2) is 0 Å². The largest absolute Gasteiger partial charge is 0.288 e. The summed E-state index contributed by atoms with van der Waals surface area (Å²) >= 11 is 9.23. The first kappa shape index (κ1) is 13.1. The van der Waals surface area contributed by atoms with Crippen LogP contribution in [0.2, 0.25) is 5.02 Å². The zero-order valence-corrected chi connectivity index (χ0v) is 11.6. The van der Waals surface area contributed by atoms with Crippen LogP contribution >= 0.6 is 27.5 Å². The fourth-order valence-electron chi connectivity index (χ4n) is 1.67. The zero-order chi connectivity index (χ0) is 13.1. The highest BCUT2D eigenvalue weighted by Crippen LogP contribution is 2.27. The van der Waals surface area contributed by atoms with Crippen molar-refractivity contribution in [2.45, 2.75) is 6.42 Å². The smallest absolute Gasteiger partial charge is 0.258 e. The maximum Gasteiger partial charge on any atom is 0.288 e. The molecule has 0 amide bonds. The molecule has 0 saturated heterocycles. The van der Waals surface area contributed by atoms with E-state index >= 15 is 0 Å². The van der Waals surface area contributed by atoms with E-state index in [1.54, 1.807) is 12.1 Å². The summed E-state index contributed by atoms with van der Waals surface area (Å²) in [5, 5.41) is 11.0. The standard InChI is InChI=1S/C13H9BrClNO2/c14-11-4-2-1-3-10(11)7-9-5-6-12(15)13(8-9)16(17)18/h1-6,8H,7H2. The van der Waals surface area contributed by atoms with Gasteiger partial charge in [0.2, 0.25) is 0 Å². The average Bonchev–Trinajstić information content (AvgIpc) is 2.34. The monoisotopic (exact) mass is 325 g/mol. The molecule has 2 aromatic carbocycles. The van der Waals surface area contributed by atoms with Gasteiger partial charge in [-0.25, -0.2) is 0 Å². The lowest BCUT2D eigenvalue weighted by molar-refractivity contribution is -0.384. The lowest BCUT2D eigenvalue weighted by atomic mass is 10.0. The van der Waals surface area contributed by atoms with Crippen LogP contribution in [0.1, 0.15) is 11.1 Å². The molecule has 0 bridgehead atoms. The molecule has 0 N–H and O–H groups in total. The van der Waals surface area contributed by atoms with Gasteiger partial charge in [-0.05, 0) is 29.7 Å². The minimum Gasteiger partial charge on any atom is -0.258 e. The van der Waals surface area contributed by atoms with Crippen LogP contribution in [0, 0.1) is 10.1 Å². The van der Waals surface area contributed by atoms with Gasteiger partial charge in [0.05, 0.1) is 4.92 Å². The van der Waals surface area contributed by atoms with Crippen LogP contribution in [-0.2, 0) is 6.42 Å². The molecule has 0 heterocycles. The number of halogens is 2. The van der Waals surface area contributed by atoms with Crippen LogP contribution in [0.25, 0.3) is 0 Å². The molecular formula is C13H9BrClNO2. The van der Waals surface area contributed by atoms with E-state index in [4.69, 9.17) is 11.6 Å². The lowest BCUT2D eigenvalue weighted by Crippen LogP contribution is -1.94. The number of hydrogen-bond acceptors (Lipinski definition) is 2. The van der Waals surface area contributed by atoms with Crippen molar-refractivity contribution in [1.82, 2.24) is 0 Å². The van der Waals surface area contributed by atoms with Crippen LogP contribution in [-0.4, -0.2) is 4.92 Å². The highest BCUT2D eigenvalue weighted by atomic mass is 79.9. The summed E-state index contributed by atoms with van der Waals surface area (Å²) in [5.41, 5.74) is 1.88. The van der Waals surface area contributed by atoms with E-state index in [0.717, 1.165) is 15.6 Å². The molecule has 0 radical (unpaired) electrons. The molecule has 92 valence electrons. The molecule has 0 spiro atoms. The van der Waals surface area contributed by atoms with Gasteiger partial charge in [-0.3, -0.25) is 10.1 Å². The quantitative estimate of drug-likeness (QED) is 0.611. The number of benzene rings is 2. The number of rotatable bonds is 3. The molecule has 0 aliphatic rings. The Balaban J connectivity index is 2.33. The van der Waals surface area contributed by atoms with Gasteiger partial charge in [0.25, 0.3) is 5.69 Å². The van der Waals surface area contributed by atoms with Crippen molar-refractivity contribution >= 4 is 33.2 Å². The van der Waals surface area contributed by atoms with E-state index in [1.165, 1.54) is 6.07 Å². The Morgan fingerprint density at radius 1 is 1.22 bits per heavy atom. The predicted molar refractivity (Wildman–Crippen MR) is 75.1 cm³/mol. The van der Waals surface area contributed by atoms with Crippen molar-refractivity contribution in [1.29, 1.82) is 0 Å². The van der Waals surface area contributed by atoms with Gasteiger partial charge in [0.1, 0.15) is 5.02 Å². The Kier molecular flexibility index (Phi) is 3.99. The minimum absolute atomic E-state index is 0.0544. The molecule has 0 saturated carbocycles. The first-order chi connectivity index (χ1) is 8.58. The third kappa shape index (κ3) is 2.89. The molecule has 3 nitrogen and oxygen atoms in total. The molecule has 2 aromatic rings. The van der Waals surface area contributed by atoms with Crippen molar-refractivity contribution < 1.29 is 4.92 Å². The fraction of sp³-hybridized carbons (Fsp3) is 0.0769. The SMILES string of the molecule is O=[N+]([O-])c1cc(Cc2ccccc2Br)ccc1Cl. The molecule has 0 unspecified atom stereocenters. The summed E-state index contributed by atoms with van der Waals surface area (Å²) < 4.78 is 0.989. The first-order valence-electron chi connectivity index (χ1n) is 5.24. The molecule has 18 heavy (non-hydrogen) atoms. The average molecular weight is 327 g/mol. The molecule has 2 rings (SSSR count). The first-order valence-corrected chi connectivity index (χ1v) is 6.41. The normalized spacial score (nSPS) is 10.3. The van der Waals surface area contributed by atoms with Crippen LogP contribution in [0.5, 0.6) is 0 Å². The van der Waals surface area contributed by atoms with Crippen LogP contribution in [0.4, 0.5) is 5.69 Å². The Bertz CT molecular complexity index is 601. The van der Waals surface area contributed by atoms with Crippen molar-refractivity contribution in [2.75, 3.05) is 0 Å². The number of hydrogen-bond donors (Lipinski definition) is 0. The third-order valence-corrected chi connectivity index (χ3v) is 3.65. The summed E-state index contributed by atoms with van der Waals surface area (Å²) in [7, 11) is 0. The van der Waals surface area contributed by atoms with E-state index in [0.29, 0.717) is 6.42 Å². The van der Waals surface area contributed by atoms with Gasteiger partial charge < -0.3 is 0 Å². The Hall–Kier alpha value is -1.39. The topological polar surface area (TPSA) is 43.1 Å². The van der Waals surface area contributed by atoms with Crippen molar-refractivity contribution in [3.63, 3.8) is 0 Å². The fourth-order valence-corrected chi connectivity index (χ4v) is 2.28. The van der Waals surface area contributed by atoms with Gasteiger partial charge in [-0.1, -0.05) is 51.8 Å². The van der Waals surface area contributed by atoms with Crippen molar-refractivity contribution in [3.05, 3.63) is 73.2 Å². The van der Waals surface area contributed by atoms with Crippen LogP contribution < -0.4 is 0 Å². The van der Waals surface area contributed by atoms with Gasteiger partial charge in [-0.2, -0.15) is 0 Å². The Labute approximate surface area is 118 Å². The van der Waals surface area contributed by atoms with Crippen LogP contribution in [0.3, 0.4) is 0 Å². The minimum atomic E-state index is -0.466. The highest BCUT2D eigenvalue weighted by Gasteiger charge is 2.13. The Morgan fingerprint density at radius 2 is 1.94 bits per heavy atom. The van der Waals surface area contributed by atoms with E-state index in [2.05, 4.69) is 15.9 Å². The van der Waals surface area contributed by atoms with Gasteiger partial charge >= 0.3 is 0 Å². The maximum absolute atomic E-state index is 10.8. The van der Waals surface area contributed by atoms with Crippen molar-refractivity contribution in [2.24, 2.45) is 0 Å². The molecular weight excluding hydrogens is 318 g/mol. The van der Waals surface area contributed by atoms with Crippen LogP contribution in [0.15, 0.2) is 46.9 Å². The summed E-state index contributed by atoms with van der Waals surface area (Å²) in [4.78, 5) is 10.3. The van der Waals surface area contributed by atoms with E-state index < -0.39 is 4.92 Å². The molecule has 0 aliphatic carbocycles. The molecule has 0 fully saturated rings. The number of nitro benzene ring substituents is 1. The summed E-state index contributed by atoms with van der Waals surface area (Å²) in [5.74, 6) is 0. The number of nitro groups is 1. The second-order valence-electron chi connectivity index (χ2n) is 3.81. The van der Waals surface area contributed by atoms with E-state index in [1.807, 2.05) is 24.3 Å². The second kappa shape index (κ2) is 5.50. The third-order valence-electron chi connectivity index (χ3n) is 2.56. The van der Waals surface area contributed by atoms with E-state index in [-0.39, 0.29) is 10.7 Å². The maximum atomic E-state index is 10.8. The summed E-state index contributed by atoms with van der Waals surface area (Å²) in [6, 6.07) is 12.7. The lowest BCUT2D eigenvalue weighted by Gasteiger charge is -2.05. The molecule has 0 atom stereocenters. The Morgan fingerprint density at radius 3 is 2.61 bits per heavy atom. The van der Waals surface area contributed by atoms with Gasteiger partial charge in [-0.15, -0.1) is 0 Å². The molecule has 0 aliphatic heterocycles. The predicted octanol–water partition coefficient (Wildman–Crippen LogP) is 4.60. The van der Waals surface area contributed by atoms with Crippen molar-refractivity contribution in [3.8, 4) is 0 Å². The van der Waals surface area contributed by atoms with Gasteiger partial charge in [0, 0.05) is 10.5 Å².